The molecule has 0 saturated carbocycles. The van der Waals surface area contributed by atoms with Crippen LogP contribution in [0.4, 0.5) is 0 Å². The largest absolute Gasteiger partial charge is 0.308 e. The van der Waals surface area contributed by atoms with Gasteiger partial charge in [-0.05, 0) is 115 Å². The van der Waals surface area contributed by atoms with E-state index in [0.29, 0.717) is 22.5 Å². The highest BCUT2D eigenvalue weighted by Crippen LogP contribution is 2.53. The first-order chi connectivity index (χ1) is 30.2. The molecule has 62 heavy (non-hydrogen) atoms. The number of fused-ring (bicyclic) bond motifs is 16. The predicted octanol–water partition coefficient (Wildman–Crippen LogP) is 14.5. The summed E-state index contributed by atoms with van der Waals surface area (Å²) in [5, 5.41) is 31.7. The lowest BCUT2D eigenvalue weighted by Gasteiger charge is -2.21. The molecule has 0 spiro atoms. The monoisotopic (exact) mass is 790 g/mol. The van der Waals surface area contributed by atoms with E-state index in [1.807, 2.05) is 12.1 Å². The molecule has 290 valence electrons. The average molecular weight is 791 g/mol. The van der Waals surface area contributed by atoms with E-state index in [2.05, 4.69) is 195 Å². The van der Waals surface area contributed by atoms with Gasteiger partial charge in [0.15, 0.2) is 0 Å². The minimum atomic E-state index is -0.182. The van der Waals surface area contributed by atoms with Gasteiger partial charge in [-0.3, -0.25) is 0 Å². The number of hydrogen-bond acceptors (Lipinski definition) is 2. The fourth-order valence-corrected chi connectivity index (χ4v) is 11.6. The molecule has 0 amide bonds. The van der Waals surface area contributed by atoms with E-state index in [-0.39, 0.29) is 10.8 Å². The Morgan fingerprint density at radius 3 is 1.21 bits per heavy atom. The number of nitriles is 2. The Morgan fingerprint density at radius 2 is 0.774 bits per heavy atom. The molecule has 2 aliphatic carbocycles. The molecule has 0 atom stereocenters. The normalized spacial score (nSPS) is 14.4. The van der Waals surface area contributed by atoms with Crippen molar-refractivity contribution in [3.8, 4) is 45.8 Å². The van der Waals surface area contributed by atoms with Crippen molar-refractivity contribution >= 4 is 65.2 Å². The molecular weight excluding hydrogens is 753 g/mol. The highest BCUT2D eigenvalue weighted by Gasteiger charge is 2.38. The number of benzene rings is 9. The van der Waals surface area contributed by atoms with Crippen molar-refractivity contribution < 1.29 is 0 Å². The molecule has 4 heteroatoms. The first-order valence-electron chi connectivity index (χ1n) is 21.4. The molecule has 0 N–H and O–H groups in total. The van der Waals surface area contributed by atoms with Gasteiger partial charge in [0.05, 0.1) is 44.6 Å². The van der Waals surface area contributed by atoms with Crippen LogP contribution in [0.25, 0.3) is 98.8 Å². The zero-order valence-electron chi connectivity index (χ0n) is 34.8. The second-order valence-electron chi connectivity index (χ2n) is 18.3. The third-order valence-corrected chi connectivity index (χ3v) is 14.6. The van der Waals surface area contributed by atoms with Gasteiger partial charge in [0.25, 0.3) is 0 Å². The van der Waals surface area contributed by atoms with Crippen LogP contribution in [-0.2, 0) is 10.8 Å². The second-order valence-corrected chi connectivity index (χ2v) is 18.3. The Kier molecular flexibility index (Phi) is 6.69. The number of nitrogens with zero attached hydrogens (tertiary/aromatic N) is 4. The van der Waals surface area contributed by atoms with Crippen LogP contribution in [0.3, 0.4) is 0 Å². The summed E-state index contributed by atoms with van der Waals surface area (Å²) < 4.78 is 4.47. The van der Waals surface area contributed by atoms with E-state index in [1.54, 1.807) is 0 Å². The van der Waals surface area contributed by atoms with E-state index >= 15 is 0 Å². The number of aromatic nitrogens is 2. The Morgan fingerprint density at radius 1 is 0.371 bits per heavy atom. The highest BCUT2D eigenvalue weighted by molar-refractivity contribution is 6.24. The third-order valence-electron chi connectivity index (χ3n) is 14.6. The first-order valence-corrected chi connectivity index (χ1v) is 21.4. The molecule has 0 bridgehead atoms. The molecule has 9 aromatic carbocycles. The number of hydrogen-bond donors (Lipinski definition) is 0. The molecule has 0 unspecified atom stereocenters. The van der Waals surface area contributed by atoms with Crippen molar-refractivity contribution in [2.75, 3.05) is 0 Å². The van der Waals surface area contributed by atoms with Gasteiger partial charge in [0.1, 0.15) is 12.1 Å². The predicted molar refractivity (Wildman–Crippen MR) is 255 cm³/mol. The summed E-state index contributed by atoms with van der Waals surface area (Å²) in [5.74, 6) is 0. The highest BCUT2D eigenvalue weighted by atomic mass is 15.0. The summed E-state index contributed by atoms with van der Waals surface area (Å²) in [5.41, 5.74) is 16.1. The lowest BCUT2D eigenvalue weighted by Crippen LogP contribution is -2.14. The van der Waals surface area contributed by atoms with Gasteiger partial charge in [-0.25, -0.2) is 0 Å². The third kappa shape index (κ3) is 4.28. The van der Waals surface area contributed by atoms with E-state index in [9.17, 15) is 10.5 Å². The zero-order chi connectivity index (χ0) is 41.8. The van der Waals surface area contributed by atoms with Crippen LogP contribution in [0.15, 0.2) is 158 Å². The maximum absolute atomic E-state index is 11.3. The molecule has 0 radical (unpaired) electrons. The van der Waals surface area contributed by atoms with Crippen LogP contribution in [0.1, 0.15) is 61.1 Å². The quantitative estimate of drug-likeness (QED) is 0.175. The standard InChI is InChI=1S/C58H38N4/c1-57(2)45-19-11-9-17-39(45)41-29-53-43(27-47(41)57)55-37-15-7-5-13-33(37)21-23-49(55)61(53)51-25-36(32-60)52(26-35(51)31-59)62-50-24-22-34-14-6-8-16-38(34)56(50)44-28-48-42(30-54(44)62)40-18-10-12-20-46(40)58(48,3)4/h5-30H,1-4H3. The molecule has 2 heterocycles. The van der Waals surface area contributed by atoms with Crippen molar-refractivity contribution in [1.82, 2.24) is 9.13 Å². The van der Waals surface area contributed by atoms with Crippen LogP contribution >= 0.6 is 0 Å². The Bertz CT molecular complexity index is 3690. The van der Waals surface area contributed by atoms with E-state index in [1.165, 1.54) is 44.5 Å². The lowest BCUT2D eigenvalue weighted by molar-refractivity contribution is 0.661. The van der Waals surface area contributed by atoms with Crippen LogP contribution in [0.2, 0.25) is 0 Å². The van der Waals surface area contributed by atoms with Crippen molar-refractivity contribution in [2.45, 2.75) is 38.5 Å². The average Bonchev–Trinajstić information content (AvgIpc) is 3.96. The van der Waals surface area contributed by atoms with E-state index in [4.69, 9.17) is 0 Å². The summed E-state index contributed by atoms with van der Waals surface area (Å²) in [6.07, 6.45) is 0. The van der Waals surface area contributed by atoms with Gasteiger partial charge in [-0.15, -0.1) is 0 Å². The van der Waals surface area contributed by atoms with Gasteiger partial charge >= 0.3 is 0 Å². The van der Waals surface area contributed by atoms with Crippen LogP contribution < -0.4 is 0 Å². The van der Waals surface area contributed by atoms with Crippen molar-refractivity contribution in [3.63, 3.8) is 0 Å². The Hall–Kier alpha value is -7.92. The molecule has 2 aliphatic rings. The summed E-state index contributed by atoms with van der Waals surface area (Å²) in [4.78, 5) is 0. The van der Waals surface area contributed by atoms with Crippen molar-refractivity contribution in [3.05, 3.63) is 191 Å². The van der Waals surface area contributed by atoms with Gasteiger partial charge in [-0.2, -0.15) is 10.5 Å². The van der Waals surface area contributed by atoms with Crippen molar-refractivity contribution in [1.29, 1.82) is 10.5 Å². The summed E-state index contributed by atoms with van der Waals surface area (Å²) in [6.45, 7) is 9.27. The maximum Gasteiger partial charge on any atom is 0.101 e. The topological polar surface area (TPSA) is 57.4 Å². The SMILES string of the molecule is CC1(C)c2ccccc2-c2cc3c(cc21)c1c2ccccc2ccc1n3-c1cc(C#N)c(-n2c3cc4c(cc3c3c5ccccc5ccc32)C(C)(C)c2ccccc2-4)cc1C#N. The fourth-order valence-electron chi connectivity index (χ4n) is 11.6. The van der Waals surface area contributed by atoms with Gasteiger partial charge in [-0.1, -0.05) is 137 Å². The molecule has 2 aromatic heterocycles. The van der Waals surface area contributed by atoms with Crippen LogP contribution in [0, 0.1) is 22.7 Å². The second kappa shape index (κ2) is 11.9. The van der Waals surface area contributed by atoms with E-state index in [0.717, 1.165) is 65.2 Å². The van der Waals surface area contributed by atoms with Crippen LogP contribution in [-0.4, -0.2) is 9.13 Å². The summed E-state index contributed by atoms with van der Waals surface area (Å²) >= 11 is 0. The zero-order valence-corrected chi connectivity index (χ0v) is 34.8. The summed E-state index contributed by atoms with van der Waals surface area (Å²) in [7, 11) is 0. The summed E-state index contributed by atoms with van der Waals surface area (Å²) in [6, 6.07) is 61.9. The fraction of sp³-hybridized carbons (Fsp3) is 0.103. The molecule has 11 aromatic rings. The van der Waals surface area contributed by atoms with Gasteiger partial charge in [0.2, 0.25) is 0 Å². The Labute approximate surface area is 358 Å². The molecule has 13 rings (SSSR count). The van der Waals surface area contributed by atoms with Gasteiger partial charge < -0.3 is 9.13 Å². The Balaban J connectivity index is 1.14. The maximum atomic E-state index is 11.3. The number of rotatable bonds is 2. The molecular formula is C58H38N4. The molecule has 0 fully saturated rings. The molecule has 4 nitrogen and oxygen atoms in total. The van der Waals surface area contributed by atoms with Gasteiger partial charge in [0, 0.05) is 32.4 Å². The smallest absolute Gasteiger partial charge is 0.101 e. The minimum Gasteiger partial charge on any atom is -0.308 e. The van der Waals surface area contributed by atoms with Crippen LogP contribution in [0.5, 0.6) is 0 Å². The minimum absolute atomic E-state index is 0.182. The van der Waals surface area contributed by atoms with E-state index < -0.39 is 0 Å². The van der Waals surface area contributed by atoms with Crippen molar-refractivity contribution in [2.24, 2.45) is 0 Å². The first kappa shape index (κ1) is 34.9. The molecule has 0 saturated heterocycles. The molecule has 0 aliphatic heterocycles. The lowest BCUT2D eigenvalue weighted by atomic mass is 9.82.